The van der Waals surface area contributed by atoms with Gasteiger partial charge in [-0.1, -0.05) is 36.0 Å². The summed E-state index contributed by atoms with van der Waals surface area (Å²) in [6, 6.07) is 5.77. The Bertz CT molecular complexity index is 431. The lowest BCUT2D eigenvalue weighted by molar-refractivity contribution is 0.140. The Hall–Kier alpha value is -0.680. The van der Waals surface area contributed by atoms with Crippen LogP contribution < -0.4 is 5.73 Å². The van der Waals surface area contributed by atoms with Crippen molar-refractivity contribution in [1.82, 2.24) is 4.90 Å². The molecule has 2 rings (SSSR count). The van der Waals surface area contributed by atoms with Gasteiger partial charge < -0.3 is 10.5 Å². The molecule has 0 spiro atoms. The van der Waals surface area contributed by atoms with E-state index in [1.807, 2.05) is 18.2 Å². The number of nitrogens with zero attached hydrogens (tertiary/aromatic N) is 1. The maximum atomic E-state index is 6.26. The minimum atomic E-state index is 0.381. The lowest BCUT2D eigenvalue weighted by Gasteiger charge is -2.20. The summed E-state index contributed by atoms with van der Waals surface area (Å²) in [5.74, 6) is 0. The molecule has 5 heteroatoms. The van der Waals surface area contributed by atoms with Crippen LogP contribution in [0.15, 0.2) is 18.2 Å². The number of benzene rings is 1. The molecule has 0 aliphatic carbocycles. The van der Waals surface area contributed by atoms with E-state index in [0.717, 1.165) is 55.4 Å². The predicted octanol–water partition coefficient (Wildman–Crippen LogP) is 2.20. The van der Waals surface area contributed by atoms with Crippen LogP contribution in [0.2, 0.25) is 5.02 Å². The molecule has 0 saturated carbocycles. The first-order valence-electron chi connectivity index (χ1n) is 6.05. The Morgan fingerprint density at radius 3 is 2.94 bits per heavy atom. The highest BCUT2D eigenvalue weighted by Gasteiger charge is 2.12. The molecule has 1 saturated heterocycles. The molecule has 2 N–H and O–H groups in total. The van der Waals surface area contributed by atoms with Crippen LogP contribution in [0.1, 0.15) is 17.5 Å². The van der Waals surface area contributed by atoms with Crippen molar-refractivity contribution in [3.8, 4) is 0 Å². The van der Waals surface area contributed by atoms with Gasteiger partial charge in [-0.05, 0) is 18.1 Å². The van der Waals surface area contributed by atoms with Gasteiger partial charge in [0.15, 0.2) is 0 Å². The summed E-state index contributed by atoms with van der Waals surface area (Å²) in [6.07, 6.45) is 1.07. The third-order valence-electron chi connectivity index (χ3n) is 3.05. The Morgan fingerprint density at radius 1 is 1.39 bits per heavy atom. The number of thiocarbonyl (C=S) groups is 1. The summed E-state index contributed by atoms with van der Waals surface area (Å²) in [7, 11) is 0. The number of rotatable bonds is 3. The van der Waals surface area contributed by atoms with Crippen LogP contribution >= 0.6 is 23.8 Å². The summed E-state index contributed by atoms with van der Waals surface area (Å²) in [6.45, 7) is 4.49. The molecule has 1 aliphatic rings. The molecule has 98 valence electrons. The number of hydrogen-bond acceptors (Lipinski definition) is 3. The molecule has 0 bridgehead atoms. The largest absolute Gasteiger partial charge is 0.389 e. The highest BCUT2D eigenvalue weighted by atomic mass is 35.5. The van der Waals surface area contributed by atoms with Crippen molar-refractivity contribution in [3.05, 3.63) is 34.3 Å². The minimum absolute atomic E-state index is 0.381. The van der Waals surface area contributed by atoms with E-state index in [-0.39, 0.29) is 0 Å². The van der Waals surface area contributed by atoms with Gasteiger partial charge in [-0.2, -0.15) is 0 Å². The first-order valence-corrected chi connectivity index (χ1v) is 6.84. The second-order valence-corrected chi connectivity index (χ2v) is 5.26. The van der Waals surface area contributed by atoms with Crippen molar-refractivity contribution < 1.29 is 4.74 Å². The van der Waals surface area contributed by atoms with Crippen molar-refractivity contribution in [2.75, 3.05) is 26.3 Å². The fourth-order valence-electron chi connectivity index (χ4n) is 2.03. The van der Waals surface area contributed by atoms with E-state index in [1.165, 1.54) is 0 Å². The average Bonchev–Trinajstić information content (AvgIpc) is 2.60. The van der Waals surface area contributed by atoms with E-state index < -0.39 is 0 Å². The third-order valence-corrected chi connectivity index (χ3v) is 3.63. The lowest BCUT2D eigenvalue weighted by atomic mass is 10.1. The van der Waals surface area contributed by atoms with Gasteiger partial charge in [0.1, 0.15) is 4.99 Å². The molecule has 0 unspecified atom stereocenters. The Labute approximate surface area is 118 Å². The van der Waals surface area contributed by atoms with E-state index in [2.05, 4.69) is 4.90 Å². The quantitative estimate of drug-likeness (QED) is 0.864. The Morgan fingerprint density at radius 2 is 2.22 bits per heavy atom. The molecule has 1 heterocycles. The molecule has 1 aromatic rings. The SMILES string of the molecule is NC(=S)c1ccc(CN2CCCOCC2)c(Cl)c1. The molecule has 0 radical (unpaired) electrons. The van der Waals surface area contributed by atoms with Gasteiger partial charge in [-0.15, -0.1) is 0 Å². The topological polar surface area (TPSA) is 38.5 Å². The Kier molecular flexibility index (Phi) is 4.95. The van der Waals surface area contributed by atoms with Crippen LogP contribution in [-0.4, -0.2) is 36.2 Å². The molecule has 0 amide bonds. The van der Waals surface area contributed by atoms with Gasteiger partial charge in [0.25, 0.3) is 0 Å². The van der Waals surface area contributed by atoms with Gasteiger partial charge >= 0.3 is 0 Å². The summed E-state index contributed by atoms with van der Waals surface area (Å²) in [5.41, 5.74) is 7.51. The highest BCUT2D eigenvalue weighted by molar-refractivity contribution is 7.80. The fraction of sp³-hybridized carbons (Fsp3) is 0.462. The van der Waals surface area contributed by atoms with Crippen LogP contribution in [0.4, 0.5) is 0 Å². The minimum Gasteiger partial charge on any atom is -0.389 e. The van der Waals surface area contributed by atoms with Crippen molar-refractivity contribution >= 4 is 28.8 Å². The Balaban J connectivity index is 2.06. The number of nitrogens with two attached hydrogens (primary N) is 1. The van der Waals surface area contributed by atoms with Crippen molar-refractivity contribution in [2.45, 2.75) is 13.0 Å². The van der Waals surface area contributed by atoms with E-state index in [9.17, 15) is 0 Å². The van der Waals surface area contributed by atoms with Crippen LogP contribution in [0.25, 0.3) is 0 Å². The van der Waals surface area contributed by atoms with Crippen LogP contribution in [0.3, 0.4) is 0 Å². The van der Waals surface area contributed by atoms with E-state index in [4.69, 9.17) is 34.3 Å². The highest BCUT2D eigenvalue weighted by Crippen LogP contribution is 2.20. The number of hydrogen-bond donors (Lipinski definition) is 1. The van der Waals surface area contributed by atoms with E-state index >= 15 is 0 Å². The normalized spacial score (nSPS) is 17.4. The molecular weight excluding hydrogens is 268 g/mol. The monoisotopic (exact) mass is 284 g/mol. The molecule has 18 heavy (non-hydrogen) atoms. The zero-order valence-electron chi connectivity index (χ0n) is 10.2. The standard InChI is InChI=1S/C13H17ClN2OS/c14-12-8-10(13(15)18)2-3-11(12)9-16-4-1-6-17-7-5-16/h2-3,8H,1,4-7,9H2,(H2,15,18). The van der Waals surface area contributed by atoms with Crippen molar-refractivity contribution in [3.63, 3.8) is 0 Å². The zero-order chi connectivity index (χ0) is 13.0. The van der Waals surface area contributed by atoms with Gasteiger partial charge in [0.2, 0.25) is 0 Å². The summed E-state index contributed by atoms with van der Waals surface area (Å²) < 4.78 is 5.43. The van der Waals surface area contributed by atoms with Crippen molar-refractivity contribution in [1.29, 1.82) is 0 Å². The van der Waals surface area contributed by atoms with E-state index in [1.54, 1.807) is 0 Å². The third kappa shape index (κ3) is 3.65. The molecule has 0 atom stereocenters. The number of ether oxygens (including phenoxy) is 1. The second-order valence-electron chi connectivity index (χ2n) is 4.41. The molecule has 1 aromatic carbocycles. The van der Waals surface area contributed by atoms with Crippen LogP contribution in [0.5, 0.6) is 0 Å². The fourth-order valence-corrected chi connectivity index (χ4v) is 2.39. The van der Waals surface area contributed by atoms with Gasteiger partial charge in [0.05, 0.1) is 6.61 Å². The number of halogens is 1. The van der Waals surface area contributed by atoms with Crippen molar-refractivity contribution in [2.24, 2.45) is 5.73 Å². The zero-order valence-corrected chi connectivity index (χ0v) is 11.8. The smallest absolute Gasteiger partial charge is 0.104 e. The molecule has 3 nitrogen and oxygen atoms in total. The predicted molar refractivity (Wildman–Crippen MR) is 78.1 cm³/mol. The molecular formula is C13H17ClN2OS. The van der Waals surface area contributed by atoms with Crippen LogP contribution in [0, 0.1) is 0 Å². The van der Waals surface area contributed by atoms with Crippen LogP contribution in [-0.2, 0) is 11.3 Å². The van der Waals surface area contributed by atoms with E-state index in [0.29, 0.717) is 4.99 Å². The first kappa shape index (κ1) is 13.7. The first-order chi connectivity index (χ1) is 8.66. The molecule has 1 aliphatic heterocycles. The lowest BCUT2D eigenvalue weighted by Crippen LogP contribution is -2.26. The van der Waals surface area contributed by atoms with Gasteiger partial charge in [-0.25, -0.2) is 0 Å². The summed E-state index contributed by atoms with van der Waals surface area (Å²) in [4.78, 5) is 2.74. The average molecular weight is 285 g/mol. The summed E-state index contributed by atoms with van der Waals surface area (Å²) >= 11 is 11.2. The maximum absolute atomic E-state index is 6.26. The molecule has 0 aromatic heterocycles. The van der Waals surface area contributed by atoms with Gasteiger partial charge in [-0.3, -0.25) is 4.90 Å². The second kappa shape index (κ2) is 6.48. The molecule has 1 fully saturated rings. The summed E-state index contributed by atoms with van der Waals surface area (Å²) in [5, 5.41) is 0.727. The van der Waals surface area contributed by atoms with Gasteiger partial charge in [0, 0.05) is 36.8 Å². The maximum Gasteiger partial charge on any atom is 0.104 e.